The van der Waals surface area contributed by atoms with Crippen LogP contribution in [0.1, 0.15) is 33.6 Å². The molecule has 0 saturated heterocycles. The molecule has 1 N–H and O–H groups in total. The van der Waals surface area contributed by atoms with Gasteiger partial charge in [0.15, 0.2) is 0 Å². The molecule has 0 aliphatic carbocycles. The van der Waals surface area contributed by atoms with Crippen LogP contribution in [0, 0.1) is 6.92 Å². The summed E-state index contributed by atoms with van der Waals surface area (Å²) in [7, 11) is 0.628. The number of hydrogen-bond donors (Lipinski definition) is 1. The molecular weight excluding hydrogens is 1080 g/mol. The van der Waals surface area contributed by atoms with Gasteiger partial charge in [0.25, 0.3) is 0 Å². The van der Waals surface area contributed by atoms with E-state index in [-0.39, 0.29) is 0 Å². The van der Waals surface area contributed by atoms with Crippen molar-refractivity contribution in [2.75, 3.05) is 0 Å². The Hall–Kier alpha value is 0.554. The number of nitrogens with zero attached hydrogens (tertiary/aromatic N) is 2. The van der Waals surface area contributed by atoms with E-state index in [1.807, 2.05) is 55.5 Å². The molecule has 1 unspecified atom stereocenters. The van der Waals surface area contributed by atoms with Crippen LogP contribution in [0.25, 0.3) is 0 Å². The van der Waals surface area contributed by atoms with Crippen LogP contribution < -0.4 is 4.74 Å². The number of ether oxygens (including phenoxy) is 1. The molecule has 1 atom stereocenters. The molecule has 219 valence electrons. The molecular formula is C29H33Br3I3N2O2V-. The van der Waals surface area contributed by atoms with Crippen molar-refractivity contribution in [1.29, 1.82) is 0 Å². The first-order valence-corrected chi connectivity index (χ1v) is 24.5. The Morgan fingerprint density at radius 2 is 1.18 bits per heavy atom. The molecule has 0 saturated carbocycles. The van der Waals surface area contributed by atoms with Gasteiger partial charge < -0.3 is 16.8 Å². The summed E-state index contributed by atoms with van der Waals surface area (Å²) in [5, 5.41) is 8.63. The number of aromatic hydroxyl groups is 1. The monoisotopic (exact) mass is 1110 g/mol. The number of rotatable bonds is 3. The molecule has 0 aliphatic rings. The molecule has 0 radical (unpaired) electrons. The number of phenols is 1. The summed E-state index contributed by atoms with van der Waals surface area (Å²) < 4.78 is 9.31. The minimum absolute atomic E-state index is 0.322. The quantitative estimate of drug-likeness (QED) is 0.126. The summed E-state index contributed by atoms with van der Waals surface area (Å²) >= 11 is 17.0. The molecule has 0 fully saturated rings. The third-order valence-corrected chi connectivity index (χ3v) is 5.83. The van der Waals surface area contributed by atoms with E-state index >= 15 is 0 Å². The van der Waals surface area contributed by atoms with Gasteiger partial charge in [-0.2, -0.15) is 6.42 Å². The van der Waals surface area contributed by atoms with Crippen LogP contribution >= 0.6 is 110 Å². The van der Waals surface area contributed by atoms with Crippen LogP contribution in [-0.2, 0) is 9.47 Å². The van der Waals surface area contributed by atoms with E-state index < -0.39 is 0 Å². The van der Waals surface area contributed by atoms with Gasteiger partial charge in [-0.05, 0) is 90.6 Å². The van der Waals surface area contributed by atoms with Crippen LogP contribution in [0.3, 0.4) is 0 Å². The fourth-order valence-electron chi connectivity index (χ4n) is 1.89. The molecule has 0 bridgehead atoms. The predicted octanol–water partition coefficient (Wildman–Crippen LogP) is 12.9. The van der Waals surface area contributed by atoms with Crippen molar-refractivity contribution in [3.8, 4) is 17.2 Å². The number of pyridine rings is 2. The van der Waals surface area contributed by atoms with Crippen LogP contribution in [0.5, 0.6) is 17.2 Å². The number of aromatic nitrogens is 2. The van der Waals surface area contributed by atoms with Gasteiger partial charge in [-0.25, -0.2) is 0 Å². The van der Waals surface area contributed by atoms with Crippen molar-refractivity contribution in [3.05, 3.63) is 118 Å². The van der Waals surface area contributed by atoms with Crippen LogP contribution in [0.2, 0.25) is 0 Å². The Kier molecular flexibility index (Phi) is 33.1. The van der Waals surface area contributed by atoms with Gasteiger partial charge in [0, 0.05) is 35.9 Å². The van der Waals surface area contributed by atoms with Crippen molar-refractivity contribution in [2.45, 2.75) is 37.5 Å². The molecule has 2 heterocycles. The molecule has 4 nitrogen and oxygen atoms in total. The maximum atomic E-state index is 8.63. The summed E-state index contributed by atoms with van der Waals surface area (Å²) in [6.45, 7) is 9.90. The van der Waals surface area contributed by atoms with E-state index in [0.29, 0.717) is 15.2 Å². The Balaban J connectivity index is 0. The zero-order valence-corrected chi connectivity index (χ0v) is 35.0. The van der Waals surface area contributed by atoms with E-state index in [4.69, 9.17) is 9.84 Å². The van der Waals surface area contributed by atoms with Crippen LogP contribution in [0.4, 0.5) is 0 Å². The molecule has 0 amide bonds. The fourth-order valence-corrected chi connectivity index (χ4v) is 3.27. The van der Waals surface area contributed by atoms with E-state index in [0.717, 1.165) is 35.3 Å². The topological polar surface area (TPSA) is 55.2 Å². The predicted molar refractivity (Wildman–Crippen MR) is 204 cm³/mol. The Morgan fingerprint density at radius 3 is 1.48 bits per heavy atom. The second kappa shape index (κ2) is 31.0. The van der Waals surface area contributed by atoms with Crippen molar-refractivity contribution in [3.63, 3.8) is 0 Å². The fraction of sp³-hybridized carbons (Fsp3) is 0.207. The van der Waals surface area contributed by atoms with E-state index in [2.05, 4.69) is 141 Å². The molecule has 0 aliphatic heterocycles. The van der Waals surface area contributed by atoms with Crippen LogP contribution in [0.15, 0.2) is 111 Å². The first kappa shape index (κ1) is 42.7. The molecule has 0 spiro atoms. The number of benzene rings is 2. The Labute approximate surface area is 308 Å². The van der Waals surface area contributed by atoms with E-state index in [1.54, 1.807) is 49.1 Å². The van der Waals surface area contributed by atoms with Crippen molar-refractivity contribution in [2.24, 2.45) is 0 Å². The second-order valence-corrected chi connectivity index (χ2v) is 23.8. The average molecular weight is 1110 g/mol. The molecule has 4 rings (SSSR count). The molecule has 2 aromatic heterocycles. The van der Waals surface area contributed by atoms with Gasteiger partial charge in [-0.1, -0.05) is 79.8 Å². The van der Waals surface area contributed by atoms with Crippen molar-refractivity contribution >= 4 is 110 Å². The van der Waals surface area contributed by atoms with Crippen molar-refractivity contribution in [1.82, 2.24) is 9.97 Å². The van der Waals surface area contributed by atoms with Gasteiger partial charge in [0.05, 0.1) is 6.20 Å². The maximum absolute atomic E-state index is 8.63. The third kappa shape index (κ3) is 30.0. The van der Waals surface area contributed by atoms with Crippen LogP contribution in [-0.4, -0.2) is 19.0 Å². The molecule has 2 aromatic carbocycles. The van der Waals surface area contributed by atoms with Gasteiger partial charge in [0.2, 0.25) is 0 Å². The van der Waals surface area contributed by atoms with E-state index in [9.17, 15) is 0 Å². The van der Waals surface area contributed by atoms with Gasteiger partial charge in [0.1, 0.15) is 17.2 Å². The standard InChI is InChI=1S/C11H8BrNO.C6H6O.C5H3Br2N.C4H9I.C3H7.2HI.V/c12-9-6-11(8-13-7-9)14-10-4-2-1-3-5-10;7-6-4-2-1-3-5-6;6-4-1-5(7)3-8-2-4;1-3-4(2)5;1-3-2;;;/h1-8H;1-5,7H;1-3H;4H,3H2,1-2H3;1,3H2,2H3;2*1H;/q;;;;-1;;;+2/p-2. The van der Waals surface area contributed by atoms with Gasteiger partial charge in [-0.15, -0.1) is 0 Å². The third-order valence-electron chi connectivity index (χ3n) is 3.65. The SMILES string of the molecule is Brc1cncc(Br)c1.Brc1cncc(Oc2ccccc2)c1.CCC(C)I.Oc1ccccc1.[CH2-]CC.[I][V][I]. The molecule has 40 heavy (non-hydrogen) atoms. The summed E-state index contributed by atoms with van der Waals surface area (Å²) in [6.07, 6.45) is 9.17. The van der Waals surface area contributed by atoms with Gasteiger partial charge in [-0.3, -0.25) is 9.97 Å². The zero-order valence-electron chi connectivity index (χ0n) is 22.4. The summed E-state index contributed by atoms with van der Waals surface area (Å²) in [6, 6.07) is 22.1. The zero-order chi connectivity index (χ0) is 30.6. The Bertz CT molecular complexity index is 1080. The van der Waals surface area contributed by atoms with Crippen molar-refractivity contribution < 1.29 is 19.3 Å². The van der Waals surface area contributed by atoms with E-state index in [1.165, 1.54) is 6.42 Å². The number of hydrogen-bond acceptors (Lipinski definition) is 4. The normalized spacial score (nSPS) is 9.45. The molecule has 11 heteroatoms. The number of para-hydroxylation sites is 2. The first-order valence-electron chi connectivity index (χ1n) is 11.8. The summed E-state index contributed by atoms with van der Waals surface area (Å²) in [5.74, 6) is 1.86. The average Bonchev–Trinajstić information content (AvgIpc) is 2.92. The summed E-state index contributed by atoms with van der Waals surface area (Å²) in [4.78, 5) is 7.90. The van der Waals surface area contributed by atoms with Gasteiger partial charge >= 0.3 is 49.4 Å². The second-order valence-electron chi connectivity index (χ2n) is 7.16. The Morgan fingerprint density at radius 1 is 0.800 bits per heavy atom. The minimum atomic E-state index is 0.322. The number of alkyl halides is 1. The first-order chi connectivity index (χ1) is 19.1. The summed E-state index contributed by atoms with van der Waals surface area (Å²) in [5.41, 5.74) is 0. The number of phenolic OH excluding ortho intramolecular Hbond substituents is 1. The molecule has 4 aromatic rings. The number of halogens is 6.